The van der Waals surface area contributed by atoms with Crippen LogP contribution in [0.4, 0.5) is 5.69 Å². The number of sulfonamides is 1. The zero-order valence-corrected chi connectivity index (χ0v) is 17.8. The minimum Gasteiger partial charge on any atom is -0.379 e. The number of rotatable bonds is 4. The van der Waals surface area contributed by atoms with Crippen LogP contribution >= 0.6 is 11.6 Å². The van der Waals surface area contributed by atoms with Crippen molar-refractivity contribution in [2.45, 2.75) is 11.8 Å². The van der Waals surface area contributed by atoms with Crippen molar-refractivity contribution in [3.8, 4) is 0 Å². The van der Waals surface area contributed by atoms with Gasteiger partial charge in [-0.3, -0.25) is 9.59 Å². The summed E-state index contributed by atoms with van der Waals surface area (Å²) < 4.78 is 32.1. The Balaban J connectivity index is 1.71. The maximum atomic E-state index is 12.8. The highest BCUT2D eigenvalue weighted by atomic mass is 35.5. The lowest BCUT2D eigenvalue weighted by atomic mass is 10.3. The van der Waals surface area contributed by atoms with Gasteiger partial charge in [-0.2, -0.15) is 4.31 Å². The second-order valence-corrected chi connectivity index (χ2v) is 9.18. The Morgan fingerprint density at radius 2 is 1.76 bits per heavy atom. The second kappa shape index (κ2) is 9.40. The predicted molar refractivity (Wildman–Crippen MR) is 108 cm³/mol. The van der Waals surface area contributed by atoms with Gasteiger partial charge >= 0.3 is 11.8 Å². The van der Waals surface area contributed by atoms with Crippen molar-refractivity contribution >= 4 is 39.1 Å². The third-order valence-electron chi connectivity index (χ3n) is 5.09. The van der Waals surface area contributed by atoms with Crippen LogP contribution in [0.25, 0.3) is 0 Å². The number of benzene rings is 1. The summed E-state index contributed by atoms with van der Waals surface area (Å²) in [5.41, 5.74) is 0.0894. The second-order valence-electron chi connectivity index (χ2n) is 6.84. The minimum absolute atomic E-state index is 0.00288. The van der Waals surface area contributed by atoms with Gasteiger partial charge in [-0.15, -0.1) is 0 Å². The number of halogens is 1. The van der Waals surface area contributed by atoms with E-state index in [1.165, 1.54) is 27.4 Å². The Bertz CT molecular complexity index is 865. The molecule has 11 heteroatoms. The first kappa shape index (κ1) is 22.0. The van der Waals surface area contributed by atoms with Gasteiger partial charge in [0.1, 0.15) is 0 Å². The number of carbonyl (C=O) groups is 2. The summed E-state index contributed by atoms with van der Waals surface area (Å²) in [5.74, 6) is -1.49. The van der Waals surface area contributed by atoms with Crippen molar-refractivity contribution in [2.24, 2.45) is 0 Å². The van der Waals surface area contributed by atoms with Gasteiger partial charge in [0, 0.05) is 39.3 Å². The molecule has 0 saturated carbocycles. The molecule has 2 heterocycles. The standard InChI is InChI=1S/C18H25ClN4O5S/c1-2-21-5-7-22(8-6-21)18(25)17(24)20-16-13-14(3-4-15(16)19)29(26,27)23-9-11-28-12-10-23/h3-4,13H,2,5-12H2,1H3,(H,20,24). The number of morpholine rings is 1. The van der Waals surface area contributed by atoms with Crippen LogP contribution in [0.5, 0.6) is 0 Å². The molecule has 0 bridgehead atoms. The molecule has 2 fully saturated rings. The van der Waals surface area contributed by atoms with Crippen LogP contribution in [0.2, 0.25) is 5.02 Å². The molecule has 29 heavy (non-hydrogen) atoms. The lowest BCUT2D eigenvalue weighted by Crippen LogP contribution is -2.51. The monoisotopic (exact) mass is 444 g/mol. The molecular weight excluding hydrogens is 420 g/mol. The van der Waals surface area contributed by atoms with E-state index in [0.717, 1.165) is 6.54 Å². The molecule has 1 aromatic rings. The average Bonchev–Trinajstić information content (AvgIpc) is 2.75. The van der Waals surface area contributed by atoms with E-state index in [9.17, 15) is 18.0 Å². The summed E-state index contributed by atoms with van der Waals surface area (Å²) in [4.78, 5) is 28.6. The first-order chi connectivity index (χ1) is 13.8. The molecule has 0 spiro atoms. The molecule has 2 aliphatic rings. The smallest absolute Gasteiger partial charge is 0.313 e. The molecule has 0 aromatic heterocycles. The van der Waals surface area contributed by atoms with E-state index in [2.05, 4.69) is 10.2 Å². The molecule has 9 nitrogen and oxygen atoms in total. The van der Waals surface area contributed by atoms with Crippen LogP contribution in [-0.2, 0) is 24.3 Å². The normalized spacial score (nSPS) is 19.2. The fraction of sp³-hybridized carbons (Fsp3) is 0.556. The van der Waals surface area contributed by atoms with Crippen LogP contribution in [0.3, 0.4) is 0 Å². The number of likely N-dealkylation sites (N-methyl/N-ethyl adjacent to an activating group) is 1. The maximum absolute atomic E-state index is 12.8. The van der Waals surface area contributed by atoms with Gasteiger partial charge < -0.3 is 19.9 Å². The number of nitrogens with one attached hydrogen (secondary N) is 1. The zero-order valence-electron chi connectivity index (χ0n) is 16.3. The number of amides is 2. The van der Waals surface area contributed by atoms with E-state index in [1.54, 1.807) is 0 Å². The minimum atomic E-state index is -3.74. The number of anilines is 1. The molecule has 2 amide bonds. The van der Waals surface area contributed by atoms with Gasteiger partial charge in [-0.25, -0.2) is 8.42 Å². The Kier molecular flexibility index (Phi) is 7.12. The highest BCUT2D eigenvalue weighted by Crippen LogP contribution is 2.27. The van der Waals surface area contributed by atoms with Gasteiger partial charge in [0.05, 0.1) is 28.8 Å². The first-order valence-electron chi connectivity index (χ1n) is 9.53. The van der Waals surface area contributed by atoms with E-state index >= 15 is 0 Å². The van der Waals surface area contributed by atoms with Crippen molar-refractivity contribution in [1.82, 2.24) is 14.1 Å². The fourth-order valence-electron chi connectivity index (χ4n) is 3.28. The number of nitrogens with zero attached hydrogens (tertiary/aromatic N) is 3. The Morgan fingerprint density at radius 1 is 1.10 bits per heavy atom. The number of piperazine rings is 1. The molecule has 2 aliphatic heterocycles. The predicted octanol–water partition coefficient (Wildman–Crippen LogP) is 0.464. The summed E-state index contributed by atoms with van der Waals surface area (Å²) in [5, 5.41) is 2.62. The van der Waals surface area contributed by atoms with Gasteiger partial charge in [0.25, 0.3) is 0 Å². The molecule has 3 rings (SSSR count). The Morgan fingerprint density at radius 3 is 2.38 bits per heavy atom. The maximum Gasteiger partial charge on any atom is 0.313 e. The molecule has 1 aromatic carbocycles. The van der Waals surface area contributed by atoms with Crippen molar-refractivity contribution in [2.75, 3.05) is 64.3 Å². The van der Waals surface area contributed by atoms with Crippen LogP contribution in [0, 0.1) is 0 Å². The molecule has 0 radical (unpaired) electrons. The largest absolute Gasteiger partial charge is 0.379 e. The Hall–Kier alpha value is -1.72. The topological polar surface area (TPSA) is 99.3 Å². The number of hydrogen-bond acceptors (Lipinski definition) is 6. The molecule has 1 N–H and O–H groups in total. The van der Waals surface area contributed by atoms with Crippen LogP contribution in [-0.4, -0.2) is 93.4 Å². The van der Waals surface area contributed by atoms with Gasteiger partial charge in [-0.1, -0.05) is 18.5 Å². The van der Waals surface area contributed by atoms with Crippen LogP contribution in [0.1, 0.15) is 6.92 Å². The van der Waals surface area contributed by atoms with Gasteiger partial charge in [0.2, 0.25) is 10.0 Å². The first-order valence-corrected chi connectivity index (χ1v) is 11.3. The van der Waals surface area contributed by atoms with E-state index < -0.39 is 21.8 Å². The van der Waals surface area contributed by atoms with E-state index in [1.807, 2.05) is 6.92 Å². The lowest BCUT2D eigenvalue weighted by molar-refractivity contribution is -0.144. The van der Waals surface area contributed by atoms with E-state index in [-0.39, 0.29) is 28.7 Å². The molecule has 0 atom stereocenters. The SMILES string of the molecule is CCN1CCN(C(=O)C(=O)Nc2cc(S(=O)(=O)N3CCOCC3)ccc2Cl)CC1. The summed E-state index contributed by atoms with van der Waals surface area (Å²) in [6.07, 6.45) is 0. The number of hydrogen-bond donors (Lipinski definition) is 1. The third kappa shape index (κ3) is 5.07. The van der Waals surface area contributed by atoms with Gasteiger partial charge in [-0.05, 0) is 24.7 Å². The summed E-state index contributed by atoms with van der Waals surface area (Å²) in [6.45, 7) is 6.49. The lowest BCUT2D eigenvalue weighted by Gasteiger charge is -2.33. The average molecular weight is 445 g/mol. The molecule has 0 aliphatic carbocycles. The van der Waals surface area contributed by atoms with Crippen molar-refractivity contribution in [3.63, 3.8) is 0 Å². The van der Waals surface area contributed by atoms with Crippen molar-refractivity contribution in [1.29, 1.82) is 0 Å². The molecule has 0 unspecified atom stereocenters. The summed E-state index contributed by atoms with van der Waals surface area (Å²) in [6, 6.07) is 4.07. The van der Waals surface area contributed by atoms with E-state index in [4.69, 9.17) is 16.3 Å². The highest BCUT2D eigenvalue weighted by molar-refractivity contribution is 7.89. The summed E-state index contributed by atoms with van der Waals surface area (Å²) in [7, 11) is -3.74. The fourth-order valence-corrected chi connectivity index (χ4v) is 4.88. The zero-order chi connectivity index (χ0) is 21.0. The van der Waals surface area contributed by atoms with Crippen LogP contribution < -0.4 is 5.32 Å². The third-order valence-corrected chi connectivity index (χ3v) is 7.32. The van der Waals surface area contributed by atoms with Gasteiger partial charge in [0.15, 0.2) is 0 Å². The Labute approximate surface area is 175 Å². The van der Waals surface area contributed by atoms with Crippen molar-refractivity contribution < 1.29 is 22.7 Å². The number of ether oxygens (including phenoxy) is 1. The molecule has 160 valence electrons. The quantitative estimate of drug-likeness (QED) is 0.677. The van der Waals surface area contributed by atoms with Crippen LogP contribution in [0.15, 0.2) is 23.1 Å². The highest BCUT2D eigenvalue weighted by Gasteiger charge is 2.29. The molecular formula is C18H25ClN4O5S. The number of carbonyl (C=O) groups excluding carboxylic acids is 2. The van der Waals surface area contributed by atoms with Crippen molar-refractivity contribution in [3.05, 3.63) is 23.2 Å². The molecule has 2 saturated heterocycles. The van der Waals surface area contributed by atoms with E-state index in [0.29, 0.717) is 39.4 Å². The summed E-state index contributed by atoms with van der Waals surface area (Å²) >= 11 is 6.13.